The Bertz CT molecular complexity index is 1150. The number of carbonyl (C=O) groups is 2. The number of rotatable bonds is 10. The fourth-order valence-corrected chi connectivity index (χ4v) is 4.81. The lowest BCUT2D eigenvalue weighted by molar-refractivity contribution is -0.125. The molecule has 1 unspecified atom stereocenters. The van der Waals surface area contributed by atoms with Crippen molar-refractivity contribution in [3.8, 4) is 5.75 Å². The number of nitrogens with zero attached hydrogens (tertiary/aromatic N) is 2. The van der Waals surface area contributed by atoms with Crippen molar-refractivity contribution >= 4 is 21.8 Å². The highest BCUT2D eigenvalue weighted by Gasteiger charge is 2.30. The summed E-state index contributed by atoms with van der Waals surface area (Å²) in [5, 5.41) is 2.25. The lowest BCUT2D eigenvalue weighted by Gasteiger charge is -2.16. The molecule has 2 atom stereocenters. The van der Waals surface area contributed by atoms with Crippen LogP contribution < -0.4 is 14.8 Å². The molecule has 1 aliphatic heterocycles. The van der Waals surface area contributed by atoms with Crippen molar-refractivity contribution in [2.24, 2.45) is 11.8 Å². The van der Waals surface area contributed by atoms with Crippen molar-refractivity contribution in [3.63, 3.8) is 0 Å². The van der Waals surface area contributed by atoms with E-state index in [9.17, 15) is 22.4 Å². The topological polar surface area (TPSA) is 127 Å². The van der Waals surface area contributed by atoms with Crippen molar-refractivity contribution in [3.05, 3.63) is 53.4 Å². The Balaban J connectivity index is 1.35. The van der Waals surface area contributed by atoms with Gasteiger partial charge in [0.25, 0.3) is 0 Å². The van der Waals surface area contributed by atoms with Gasteiger partial charge in [0.1, 0.15) is 11.6 Å². The molecule has 1 aromatic carbocycles. The zero-order valence-electron chi connectivity index (χ0n) is 18.1. The molecule has 2 amide bonds. The van der Waals surface area contributed by atoms with Gasteiger partial charge in [-0.1, -0.05) is 6.07 Å². The Labute approximate surface area is 191 Å². The van der Waals surface area contributed by atoms with Crippen LogP contribution in [0.1, 0.15) is 49.2 Å². The molecule has 4 rings (SSSR count). The highest BCUT2D eigenvalue weighted by atomic mass is 32.2. The monoisotopic (exact) mass is 476 g/mol. The molecule has 176 valence electrons. The minimum atomic E-state index is -3.79. The van der Waals surface area contributed by atoms with Crippen molar-refractivity contribution < 1.29 is 27.1 Å². The first-order chi connectivity index (χ1) is 15.7. The Kier molecular flexibility index (Phi) is 6.71. The van der Waals surface area contributed by atoms with Gasteiger partial charge in [0.2, 0.25) is 21.8 Å². The van der Waals surface area contributed by atoms with Crippen LogP contribution in [-0.4, -0.2) is 36.8 Å². The zero-order valence-corrected chi connectivity index (χ0v) is 18.9. The fourth-order valence-electron chi connectivity index (χ4n) is 3.56. The van der Waals surface area contributed by atoms with E-state index in [2.05, 4.69) is 20.0 Å². The molecule has 2 heterocycles. The molecule has 2 aromatic rings. The molecule has 0 bridgehead atoms. The van der Waals surface area contributed by atoms with Crippen molar-refractivity contribution in [2.45, 2.75) is 44.4 Å². The third-order valence-electron chi connectivity index (χ3n) is 5.61. The second-order valence-corrected chi connectivity index (χ2v) is 10.3. The summed E-state index contributed by atoms with van der Waals surface area (Å²) in [5.41, 5.74) is 1.21. The molecule has 1 saturated carbocycles. The van der Waals surface area contributed by atoms with Gasteiger partial charge in [-0.25, -0.2) is 27.5 Å². The van der Waals surface area contributed by atoms with Gasteiger partial charge in [-0.3, -0.25) is 14.9 Å². The number of hydrogen-bond acceptors (Lipinski definition) is 7. The summed E-state index contributed by atoms with van der Waals surface area (Å²) in [6.07, 6.45) is 5.50. The maximum Gasteiger partial charge on any atom is 0.230 e. The van der Waals surface area contributed by atoms with Crippen LogP contribution >= 0.6 is 0 Å². The van der Waals surface area contributed by atoms with E-state index >= 15 is 0 Å². The fraction of sp³-hybridized carbons (Fsp3) is 0.455. The van der Waals surface area contributed by atoms with Crippen LogP contribution in [0.2, 0.25) is 0 Å². The quantitative estimate of drug-likeness (QED) is 0.501. The van der Waals surface area contributed by atoms with Crippen LogP contribution in [0.3, 0.4) is 0 Å². The largest absolute Gasteiger partial charge is 0.490 e. The lowest BCUT2D eigenvalue weighted by Crippen LogP contribution is -2.28. The van der Waals surface area contributed by atoms with E-state index in [1.165, 1.54) is 30.6 Å². The lowest BCUT2D eigenvalue weighted by atomic mass is 10.00. The molecular weight excluding hydrogens is 451 g/mol. The van der Waals surface area contributed by atoms with Gasteiger partial charge in [-0.2, -0.15) is 0 Å². The number of nitrogens with one attached hydrogen (secondary N) is 2. The number of sulfonamides is 1. The van der Waals surface area contributed by atoms with E-state index in [0.29, 0.717) is 30.1 Å². The first-order valence-corrected chi connectivity index (χ1v) is 12.4. The summed E-state index contributed by atoms with van der Waals surface area (Å²) in [4.78, 5) is 31.1. The van der Waals surface area contributed by atoms with E-state index in [-0.39, 0.29) is 29.8 Å². The van der Waals surface area contributed by atoms with E-state index in [1.54, 1.807) is 6.92 Å². The molecule has 2 aliphatic rings. The third-order valence-corrected chi connectivity index (χ3v) is 6.96. The summed E-state index contributed by atoms with van der Waals surface area (Å²) in [6.45, 7) is 2.11. The smallest absolute Gasteiger partial charge is 0.230 e. The van der Waals surface area contributed by atoms with Gasteiger partial charge in [0.15, 0.2) is 11.6 Å². The maximum atomic E-state index is 14.0. The predicted molar refractivity (Wildman–Crippen MR) is 116 cm³/mol. The van der Waals surface area contributed by atoms with Gasteiger partial charge in [-0.15, -0.1) is 0 Å². The van der Waals surface area contributed by atoms with Crippen LogP contribution in [0, 0.1) is 17.7 Å². The Morgan fingerprint density at radius 3 is 2.61 bits per heavy atom. The second-order valence-electron chi connectivity index (χ2n) is 8.57. The molecule has 1 saturated heterocycles. The molecule has 1 aliphatic carbocycles. The van der Waals surface area contributed by atoms with Crippen LogP contribution in [0.5, 0.6) is 5.75 Å². The minimum absolute atomic E-state index is 0.0953. The van der Waals surface area contributed by atoms with Crippen LogP contribution in [0.25, 0.3) is 0 Å². The molecule has 0 spiro atoms. The van der Waals surface area contributed by atoms with Crippen LogP contribution in [-0.2, 0) is 31.8 Å². The summed E-state index contributed by atoms with van der Waals surface area (Å²) < 4.78 is 47.3. The molecule has 1 aromatic heterocycles. The highest BCUT2D eigenvalue weighted by Crippen LogP contribution is 2.31. The highest BCUT2D eigenvalue weighted by molar-refractivity contribution is 7.88. The van der Waals surface area contributed by atoms with E-state index in [1.807, 2.05) is 0 Å². The first-order valence-electron chi connectivity index (χ1n) is 10.7. The third kappa shape index (κ3) is 6.32. The van der Waals surface area contributed by atoms with Crippen LogP contribution in [0.15, 0.2) is 30.6 Å². The van der Waals surface area contributed by atoms with Crippen molar-refractivity contribution in [1.29, 1.82) is 0 Å². The number of hydrogen-bond donors (Lipinski definition) is 2. The molecule has 33 heavy (non-hydrogen) atoms. The minimum Gasteiger partial charge on any atom is -0.490 e. The number of aromatic nitrogens is 2. The predicted octanol–water partition coefficient (Wildman–Crippen LogP) is 1.79. The normalized spacial score (nSPS) is 19.4. The molecule has 0 radical (unpaired) electrons. The SMILES string of the molecule is C[C@@H](NS(=O)(=O)Cc1ncc(CC2CC(=O)NC2=O)cn1)c1ccc(F)c(OCC2CC2)c1. The zero-order chi connectivity index (χ0) is 23.6. The molecule has 9 nitrogen and oxygen atoms in total. The van der Waals surface area contributed by atoms with Gasteiger partial charge in [0.05, 0.1) is 12.5 Å². The van der Waals surface area contributed by atoms with Gasteiger partial charge in [-0.05, 0) is 55.4 Å². The van der Waals surface area contributed by atoms with E-state index in [4.69, 9.17) is 4.74 Å². The number of imide groups is 1. The summed E-state index contributed by atoms with van der Waals surface area (Å²) in [5.74, 6) is -1.35. The Morgan fingerprint density at radius 1 is 1.24 bits per heavy atom. The Hall–Kier alpha value is -2.92. The van der Waals surface area contributed by atoms with Gasteiger partial charge >= 0.3 is 0 Å². The summed E-state index contributed by atoms with van der Waals surface area (Å²) >= 11 is 0. The van der Waals surface area contributed by atoms with E-state index < -0.39 is 33.6 Å². The Morgan fingerprint density at radius 2 is 1.97 bits per heavy atom. The van der Waals surface area contributed by atoms with Crippen molar-refractivity contribution in [2.75, 3.05) is 6.61 Å². The van der Waals surface area contributed by atoms with Gasteiger partial charge < -0.3 is 4.74 Å². The standard InChI is InChI=1S/C22H25FN4O5S/c1-13(16-4-5-18(23)19(7-16)32-11-14-2-3-14)27-33(30,31)12-20-24-9-15(10-25-20)6-17-8-21(28)26-22(17)29/h4-5,7,9-10,13-14,17,27H,2-3,6,8,11-12H2,1H3,(H,26,28,29)/t13-,17?/m1/s1. The number of benzene rings is 1. The average Bonchev–Trinajstić information content (AvgIpc) is 3.52. The van der Waals surface area contributed by atoms with E-state index in [0.717, 1.165) is 12.8 Å². The van der Waals surface area contributed by atoms with Gasteiger partial charge in [0, 0.05) is 24.9 Å². The first kappa shape index (κ1) is 23.2. The molecule has 2 fully saturated rings. The maximum absolute atomic E-state index is 14.0. The molecule has 11 heteroatoms. The number of halogens is 1. The summed E-state index contributed by atoms with van der Waals surface area (Å²) in [7, 11) is -3.79. The van der Waals surface area contributed by atoms with Crippen molar-refractivity contribution in [1.82, 2.24) is 20.0 Å². The number of amides is 2. The molecule has 2 N–H and O–H groups in total. The van der Waals surface area contributed by atoms with Crippen LogP contribution in [0.4, 0.5) is 4.39 Å². The second kappa shape index (κ2) is 9.52. The number of ether oxygens (including phenoxy) is 1. The molecular formula is C22H25FN4O5S. The average molecular weight is 477 g/mol. The summed E-state index contributed by atoms with van der Waals surface area (Å²) in [6, 6.07) is 3.68. The number of carbonyl (C=O) groups excluding carboxylic acids is 2.